The van der Waals surface area contributed by atoms with Crippen LogP contribution in [0.3, 0.4) is 0 Å². The number of rotatable bonds is 5. The van der Waals surface area contributed by atoms with Crippen LogP contribution in [-0.2, 0) is 0 Å². The fourth-order valence-electron chi connectivity index (χ4n) is 2.36. The molecule has 1 aromatic carbocycles. The molecule has 3 nitrogen and oxygen atoms in total. The number of hydrogen-bond donors (Lipinski definition) is 1. The average molecular weight is 278 g/mol. The first-order valence-corrected chi connectivity index (χ1v) is 6.81. The van der Waals surface area contributed by atoms with E-state index in [1.54, 1.807) is 6.07 Å². The van der Waals surface area contributed by atoms with Gasteiger partial charge in [0.25, 0.3) is 0 Å². The smallest absolute Gasteiger partial charge is 0.387 e. The zero-order valence-electron chi connectivity index (χ0n) is 11.2. The molecule has 0 radical (unpaired) electrons. The number of ether oxygens (including phenoxy) is 1. The van der Waals surface area contributed by atoms with Crippen LogP contribution >= 0.6 is 0 Å². The van der Waals surface area contributed by atoms with Crippen LogP contribution in [0.5, 0.6) is 5.75 Å². The molecular formula is C15H16F2N2O. The van der Waals surface area contributed by atoms with E-state index in [9.17, 15) is 8.78 Å². The summed E-state index contributed by atoms with van der Waals surface area (Å²) in [5.74, 6) is 0.593. The molecule has 1 N–H and O–H groups in total. The molecule has 1 aromatic heterocycles. The van der Waals surface area contributed by atoms with Crippen molar-refractivity contribution in [2.75, 3.05) is 11.9 Å². The third-order valence-corrected chi connectivity index (χ3v) is 3.40. The number of pyridine rings is 1. The van der Waals surface area contributed by atoms with Gasteiger partial charge in [0.05, 0.1) is 0 Å². The van der Waals surface area contributed by atoms with E-state index in [1.165, 1.54) is 6.07 Å². The predicted molar refractivity (Wildman–Crippen MR) is 74.5 cm³/mol. The Morgan fingerprint density at radius 3 is 2.85 bits per heavy atom. The molecular weight excluding hydrogens is 262 g/mol. The maximum Gasteiger partial charge on any atom is 0.387 e. The van der Waals surface area contributed by atoms with Gasteiger partial charge < -0.3 is 10.1 Å². The van der Waals surface area contributed by atoms with Crippen LogP contribution in [0.25, 0.3) is 10.9 Å². The number of nitrogens with zero attached hydrogens (tertiary/aromatic N) is 1. The number of benzene rings is 1. The molecule has 0 bridgehead atoms. The van der Waals surface area contributed by atoms with Gasteiger partial charge in [0, 0.05) is 29.2 Å². The van der Waals surface area contributed by atoms with Gasteiger partial charge in [-0.2, -0.15) is 8.78 Å². The van der Waals surface area contributed by atoms with Crippen LogP contribution in [0.4, 0.5) is 14.5 Å². The second-order valence-corrected chi connectivity index (χ2v) is 4.93. The summed E-state index contributed by atoms with van der Waals surface area (Å²) in [4.78, 5) is 4.53. The number of halogens is 2. The Morgan fingerprint density at radius 2 is 2.20 bits per heavy atom. The molecule has 0 aliphatic heterocycles. The van der Waals surface area contributed by atoms with Gasteiger partial charge in [-0.05, 0) is 31.9 Å². The largest absolute Gasteiger partial charge is 0.432 e. The van der Waals surface area contributed by atoms with E-state index < -0.39 is 6.61 Å². The lowest BCUT2D eigenvalue weighted by atomic mass is 10.1. The van der Waals surface area contributed by atoms with Gasteiger partial charge in [0.15, 0.2) is 5.75 Å². The van der Waals surface area contributed by atoms with Crippen molar-refractivity contribution in [3.8, 4) is 5.75 Å². The van der Waals surface area contributed by atoms with E-state index in [0.717, 1.165) is 36.2 Å². The normalized spacial score (nSPS) is 14.8. The Morgan fingerprint density at radius 1 is 1.40 bits per heavy atom. The number of anilines is 1. The molecule has 0 unspecified atom stereocenters. The maximum atomic E-state index is 12.5. The molecule has 20 heavy (non-hydrogen) atoms. The average Bonchev–Trinajstić information content (AvgIpc) is 3.23. The molecule has 1 aliphatic rings. The zero-order chi connectivity index (χ0) is 14.1. The zero-order valence-corrected chi connectivity index (χ0v) is 11.2. The fraction of sp³-hybridized carbons (Fsp3) is 0.400. The lowest BCUT2D eigenvalue weighted by molar-refractivity contribution is -0.0489. The number of fused-ring (bicyclic) bond motifs is 1. The van der Waals surface area contributed by atoms with E-state index >= 15 is 0 Å². The molecule has 0 spiro atoms. The van der Waals surface area contributed by atoms with Crippen LogP contribution in [-0.4, -0.2) is 18.1 Å². The first-order chi connectivity index (χ1) is 9.69. The van der Waals surface area contributed by atoms with Gasteiger partial charge >= 0.3 is 6.61 Å². The molecule has 0 amide bonds. The second kappa shape index (κ2) is 5.23. The van der Waals surface area contributed by atoms with Gasteiger partial charge in [0.1, 0.15) is 5.52 Å². The van der Waals surface area contributed by atoms with Gasteiger partial charge in [-0.25, -0.2) is 4.98 Å². The quantitative estimate of drug-likeness (QED) is 0.892. The van der Waals surface area contributed by atoms with E-state index in [4.69, 9.17) is 0 Å². The molecule has 1 saturated carbocycles. The summed E-state index contributed by atoms with van der Waals surface area (Å²) in [6.45, 7) is -0.0688. The lowest BCUT2D eigenvalue weighted by Crippen LogP contribution is -2.05. The van der Waals surface area contributed by atoms with Gasteiger partial charge in [-0.1, -0.05) is 12.1 Å². The number of para-hydroxylation sites is 1. The van der Waals surface area contributed by atoms with Gasteiger partial charge in [-0.15, -0.1) is 0 Å². The van der Waals surface area contributed by atoms with Gasteiger partial charge in [0.2, 0.25) is 0 Å². The van der Waals surface area contributed by atoms with E-state index in [-0.39, 0.29) is 5.75 Å². The molecule has 1 aliphatic carbocycles. The Kier molecular flexibility index (Phi) is 3.42. The monoisotopic (exact) mass is 278 g/mol. The number of aromatic nitrogens is 1. The van der Waals surface area contributed by atoms with Crippen molar-refractivity contribution in [2.45, 2.75) is 32.3 Å². The third kappa shape index (κ3) is 2.53. The van der Waals surface area contributed by atoms with E-state index in [1.807, 2.05) is 19.1 Å². The Labute approximate surface area is 116 Å². The van der Waals surface area contributed by atoms with Crippen LogP contribution < -0.4 is 10.1 Å². The van der Waals surface area contributed by atoms with Crippen molar-refractivity contribution < 1.29 is 13.5 Å². The highest BCUT2D eigenvalue weighted by Gasteiger charge is 2.26. The highest BCUT2D eigenvalue weighted by atomic mass is 19.3. The molecule has 1 heterocycles. The molecule has 106 valence electrons. The van der Waals surface area contributed by atoms with E-state index in [2.05, 4.69) is 15.0 Å². The third-order valence-electron chi connectivity index (χ3n) is 3.40. The Bertz CT molecular complexity index is 627. The summed E-state index contributed by atoms with van der Waals surface area (Å²) in [6.07, 6.45) is 2.23. The van der Waals surface area contributed by atoms with Crippen molar-refractivity contribution in [1.82, 2.24) is 4.98 Å². The highest BCUT2D eigenvalue weighted by molar-refractivity contribution is 5.95. The molecule has 0 saturated heterocycles. The minimum Gasteiger partial charge on any atom is -0.432 e. The fourth-order valence-corrected chi connectivity index (χ4v) is 2.36. The topological polar surface area (TPSA) is 34.2 Å². The first kappa shape index (κ1) is 13.1. The van der Waals surface area contributed by atoms with Crippen molar-refractivity contribution >= 4 is 16.6 Å². The Balaban J connectivity index is 2.15. The standard InChI is InChI=1S/C15H16F2N2O/c1-2-18-12-8-11(9-6-7-9)19-14-10(12)4-3-5-13(14)20-15(16)17/h3-5,8-9,15H,2,6-7H2,1H3,(H,18,19). The first-order valence-electron chi connectivity index (χ1n) is 6.81. The summed E-state index contributed by atoms with van der Waals surface area (Å²) < 4.78 is 29.6. The maximum absolute atomic E-state index is 12.5. The number of alkyl halides is 2. The number of nitrogens with one attached hydrogen (secondary N) is 1. The van der Waals surface area contributed by atoms with Crippen molar-refractivity contribution in [3.63, 3.8) is 0 Å². The minimum atomic E-state index is -2.84. The molecule has 1 fully saturated rings. The molecule has 5 heteroatoms. The van der Waals surface area contributed by atoms with Crippen LogP contribution in [0.2, 0.25) is 0 Å². The summed E-state index contributed by atoms with van der Waals surface area (Å²) >= 11 is 0. The second-order valence-electron chi connectivity index (χ2n) is 4.93. The summed E-state index contributed by atoms with van der Waals surface area (Å²) in [6, 6.07) is 7.14. The molecule has 3 rings (SSSR count). The highest BCUT2D eigenvalue weighted by Crippen LogP contribution is 2.42. The van der Waals surface area contributed by atoms with Crippen molar-refractivity contribution in [1.29, 1.82) is 0 Å². The van der Waals surface area contributed by atoms with Crippen LogP contribution in [0, 0.1) is 0 Å². The van der Waals surface area contributed by atoms with Gasteiger partial charge in [-0.3, -0.25) is 0 Å². The SMILES string of the molecule is CCNc1cc(C2CC2)nc2c(OC(F)F)cccc12. The summed E-state index contributed by atoms with van der Waals surface area (Å²) in [5, 5.41) is 4.09. The van der Waals surface area contributed by atoms with Crippen molar-refractivity contribution in [2.24, 2.45) is 0 Å². The summed E-state index contributed by atoms with van der Waals surface area (Å²) in [5.41, 5.74) is 2.39. The van der Waals surface area contributed by atoms with Crippen molar-refractivity contribution in [3.05, 3.63) is 30.0 Å². The number of hydrogen-bond acceptors (Lipinski definition) is 3. The van der Waals surface area contributed by atoms with Crippen LogP contribution in [0.15, 0.2) is 24.3 Å². The molecule has 0 atom stereocenters. The van der Waals surface area contributed by atoms with E-state index in [0.29, 0.717) is 11.4 Å². The predicted octanol–water partition coefficient (Wildman–Crippen LogP) is 4.15. The minimum absolute atomic E-state index is 0.138. The van der Waals surface area contributed by atoms with Crippen LogP contribution in [0.1, 0.15) is 31.4 Å². The summed E-state index contributed by atoms with van der Waals surface area (Å²) in [7, 11) is 0. The lowest BCUT2D eigenvalue weighted by Gasteiger charge is -2.13. The Hall–Kier alpha value is -1.91. The molecule has 2 aromatic rings.